The number of carboxylic acid groups (broad SMARTS) is 1. The highest BCUT2D eigenvalue weighted by Gasteiger charge is 2.34. The fraction of sp³-hybridized carbons (Fsp3) is 0.529. The van der Waals surface area contributed by atoms with E-state index in [0.717, 1.165) is 11.8 Å². The number of rotatable bonds is 8. The van der Waals surface area contributed by atoms with Gasteiger partial charge in [0.15, 0.2) is 0 Å². The highest BCUT2D eigenvalue weighted by molar-refractivity contribution is 7.92. The number of sulfonamides is 1. The number of hydrogen-bond acceptors (Lipinski definition) is 5. The summed E-state index contributed by atoms with van der Waals surface area (Å²) < 4.78 is 25.2. The third-order valence-electron chi connectivity index (χ3n) is 4.50. The first-order valence-corrected chi connectivity index (χ1v) is 10.3. The predicted molar refractivity (Wildman–Crippen MR) is 98.8 cm³/mol. The van der Waals surface area contributed by atoms with E-state index in [1.165, 1.54) is 6.07 Å². The van der Waals surface area contributed by atoms with Crippen molar-refractivity contribution in [1.29, 1.82) is 0 Å². The average molecular weight is 383 g/mol. The molecule has 9 heteroatoms. The predicted octanol–water partition coefficient (Wildman–Crippen LogP) is 1.03. The molecule has 0 radical (unpaired) electrons. The zero-order chi connectivity index (χ0) is 19.5. The van der Waals surface area contributed by atoms with Crippen LogP contribution in [0.1, 0.15) is 35.7 Å². The Kier molecular flexibility index (Phi) is 6.25. The van der Waals surface area contributed by atoms with Crippen molar-refractivity contribution in [1.82, 2.24) is 10.2 Å². The van der Waals surface area contributed by atoms with Gasteiger partial charge in [0.1, 0.15) is 0 Å². The van der Waals surface area contributed by atoms with E-state index >= 15 is 0 Å². The van der Waals surface area contributed by atoms with Crippen LogP contribution in [0.15, 0.2) is 18.2 Å². The molecular formula is C17H25N3O5S. The molecule has 0 unspecified atom stereocenters. The molecule has 8 nitrogen and oxygen atoms in total. The Morgan fingerprint density at radius 3 is 2.50 bits per heavy atom. The molecule has 0 heterocycles. The van der Waals surface area contributed by atoms with Crippen molar-refractivity contribution in [3.8, 4) is 0 Å². The minimum atomic E-state index is -3.42. The van der Waals surface area contributed by atoms with Crippen molar-refractivity contribution in [2.75, 3.05) is 24.1 Å². The summed E-state index contributed by atoms with van der Waals surface area (Å²) in [5.74, 6) is -1.13. The molecule has 0 saturated heterocycles. The molecule has 0 atom stereocenters. The molecule has 1 saturated carbocycles. The molecule has 0 bridgehead atoms. The summed E-state index contributed by atoms with van der Waals surface area (Å²) in [6.07, 6.45) is 2.46. The SMILES string of the molecule is CCN(CC(=O)O)C1CC(NC(=O)c2ccc(C)c(NS(C)(=O)=O)c2)C1. The fourth-order valence-electron chi connectivity index (χ4n) is 3.02. The largest absolute Gasteiger partial charge is 0.480 e. The van der Waals surface area contributed by atoms with E-state index in [0.29, 0.717) is 30.6 Å². The number of likely N-dealkylation sites (N-methyl/N-ethyl adjacent to an activating group) is 1. The first kappa shape index (κ1) is 20.2. The van der Waals surface area contributed by atoms with Crippen molar-refractivity contribution >= 4 is 27.6 Å². The number of benzene rings is 1. The highest BCUT2D eigenvalue weighted by Crippen LogP contribution is 2.26. The van der Waals surface area contributed by atoms with Crippen LogP contribution in [0, 0.1) is 6.92 Å². The summed E-state index contributed by atoms with van der Waals surface area (Å²) in [6.45, 7) is 4.32. The summed E-state index contributed by atoms with van der Waals surface area (Å²) in [5, 5.41) is 11.8. The van der Waals surface area contributed by atoms with Gasteiger partial charge >= 0.3 is 5.97 Å². The fourth-order valence-corrected chi connectivity index (χ4v) is 3.64. The van der Waals surface area contributed by atoms with Crippen LogP contribution in [0.4, 0.5) is 5.69 Å². The summed E-state index contributed by atoms with van der Waals surface area (Å²) in [5.41, 5.74) is 1.48. The second-order valence-corrected chi connectivity index (χ2v) is 8.40. The highest BCUT2D eigenvalue weighted by atomic mass is 32.2. The van der Waals surface area contributed by atoms with Crippen molar-refractivity contribution in [3.05, 3.63) is 29.3 Å². The van der Waals surface area contributed by atoms with Crippen LogP contribution >= 0.6 is 0 Å². The standard InChI is InChI=1S/C17H25N3O5S/c1-4-20(10-16(21)22)14-8-13(9-14)18-17(23)12-6-5-11(2)15(7-12)19-26(3,24)25/h5-7,13-14,19H,4,8-10H2,1-3H3,(H,18,23)(H,21,22). The minimum Gasteiger partial charge on any atom is -0.480 e. The third-order valence-corrected chi connectivity index (χ3v) is 5.10. The normalized spacial score (nSPS) is 19.7. The lowest BCUT2D eigenvalue weighted by Crippen LogP contribution is -2.54. The topological polar surface area (TPSA) is 116 Å². The molecule has 1 aliphatic carbocycles. The van der Waals surface area contributed by atoms with Gasteiger partial charge in [-0.1, -0.05) is 13.0 Å². The second kappa shape index (κ2) is 8.05. The Balaban J connectivity index is 1.95. The van der Waals surface area contributed by atoms with Gasteiger partial charge in [-0.2, -0.15) is 0 Å². The van der Waals surface area contributed by atoms with Crippen molar-refractivity contribution in [2.45, 2.75) is 38.8 Å². The maximum atomic E-state index is 12.4. The molecule has 0 aromatic heterocycles. The Bertz CT molecular complexity index is 788. The molecule has 1 aliphatic rings. The van der Waals surface area contributed by atoms with Gasteiger partial charge in [-0.25, -0.2) is 8.42 Å². The van der Waals surface area contributed by atoms with Gasteiger partial charge in [0.2, 0.25) is 10.0 Å². The number of carbonyl (C=O) groups is 2. The van der Waals surface area contributed by atoms with Crippen molar-refractivity contribution in [3.63, 3.8) is 0 Å². The third kappa shape index (κ3) is 5.43. The van der Waals surface area contributed by atoms with Crippen LogP contribution in [0.2, 0.25) is 0 Å². The Morgan fingerprint density at radius 1 is 1.31 bits per heavy atom. The molecule has 0 spiro atoms. The van der Waals surface area contributed by atoms with E-state index < -0.39 is 16.0 Å². The van der Waals surface area contributed by atoms with Gasteiger partial charge in [-0.15, -0.1) is 0 Å². The van der Waals surface area contributed by atoms with Gasteiger partial charge < -0.3 is 10.4 Å². The lowest BCUT2D eigenvalue weighted by molar-refractivity contribution is -0.139. The molecule has 26 heavy (non-hydrogen) atoms. The van der Waals surface area contributed by atoms with E-state index in [-0.39, 0.29) is 24.5 Å². The summed E-state index contributed by atoms with van der Waals surface area (Å²) >= 11 is 0. The number of carboxylic acids is 1. The van der Waals surface area contributed by atoms with Crippen LogP contribution < -0.4 is 10.0 Å². The molecule has 1 aromatic carbocycles. The van der Waals surface area contributed by atoms with Gasteiger partial charge in [-0.3, -0.25) is 19.2 Å². The lowest BCUT2D eigenvalue weighted by Gasteiger charge is -2.42. The smallest absolute Gasteiger partial charge is 0.317 e. The number of anilines is 1. The minimum absolute atomic E-state index is 0.000314. The van der Waals surface area contributed by atoms with Crippen LogP contribution in [-0.4, -0.2) is 61.7 Å². The number of hydrogen-bond donors (Lipinski definition) is 3. The number of nitrogens with zero attached hydrogens (tertiary/aromatic N) is 1. The van der Waals surface area contributed by atoms with Crippen molar-refractivity contribution in [2.24, 2.45) is 0 Å². The Hall–Kier alpha value is -2.13. The van der Waals surface area contributed by atoms with Crippen molar-refractivity contribution < 1.29 is 23.1 Å². The number of nitrogens with one attached hydrogen (secondary N) is 2. The molecular weight excluding hydrogens is 358 g/mol. The first-order valence-electron chi connectivity index (χ1n) is 8.44. The van der Waals surface area contributed by atoms with Crippen LogP contribution in [0.5, 0.6) is 0 Å². The average Bonchev–Trinajstić information content (AvgIpc) is 2.48. The zero-order valence-electron chi connectivity index (χ0n) is 15.2. The molecule has 1 fully saturated rings. The maximum absolute atomic E-state index is 12.4. The van der Waals surface area contributed by atoms with E-state index in [4.69, 9.17) is 5.11 Å². The number of amides is 1. The quantitative estimate of drug-likeness (QED) is 0.618. The Morgan fingerprint density at radius 2 is 1.96 bits per heavy atom. The van der Waals surface area contributed by atoms with E-state index in [9.17, 15) is 18.0 Å². The number of carbonyl (C=O) groups excluding carboxylic acids is 1. The van der Waals surface area contributed by atoms with E-state index in [1.807, 2.05) is 11.8 Å². The van der Waals surface area contributed by atoms with Gasteiger partial charge in [0.25, 0.3) is 5.91 Å². The molecule has 1 amide bonds. The molecule has 3 N–H and O–H groups in total. The molecule has 1 aromatic rings. The second-order valence-electron chi connectivity index (χ2n) is 6.66. The first-order chi connectivity index (χ1) is 12.1. The summed E-state index contributed by atoms with van der Waals surface area (Å²) in [6, 6.07) is 5.00. The van der Waals surface area contributed by atoms with Gasteiger partial charge in [0, 0.05) is 17.6 Å². The summed E-state index contributed by atoms with van der Waals surface area (Å²) in [4.78, 5) is 25.1. The zero-order valence-corrected chi connectivity index (χ0v) is 16.0. The number of aryl methyl sites for hydroxylation is 1. The van der Waals surface area contributed by atoms with Gasteiger partial charge in [0.05, 0.1) is 18.5 Å². The monoisotopic (exact) mass is 383 g/mol. The van der Waals surface area contributed by atoms with E-state index in [1.54, 1.807) is 19.1 Å². The maximum Gasteiger partial charge on any atom is 0.317 e. The molecule has 144 valence electrons. The van der Waals surface area contributed by atoms with Crippen LogP contribution in [-0.2, 0) is 14.8 Å². The Labute approximate surface area is 153 Å². The lowest BCUT2D eigenvalue weighted by atomic mass is 9.85. The van der Waals surface area contributed by atoms with Crippen LogP contribution in [0.3, 0.4) is 0 Å². The summed E-state index contributed by atoms with van der Waals surface area (Å²) in [7, 11) is -3.42. The molecule has 2 rings (SSSR count). The van der Waals surface area contributed by atoms with Gasteiger partial charge in [-0.05, 0) is 44.0 Å². The van der Waals surface area contributed by atoms with Crippen LogP contribution in [0.25, 0.3) is 0 Å². The number of aliphatic carboxylic acids is 1. The van der Waals surface area contributed by atoms with E-state index in [2.05, 4.69) is 10.0 Å². The molecule has 0 aliphatic heterocycles.